The van der Waals surface area contributed by atoms with Crippen LogP contribution < -0.4 is 0 Å². The lowest BCUT2D eigenvalue weighted by Gasteiger charge is -2.26. The Balaban J connectivity index is 1.69. The number of hydrogen-bond donors (Lipinski definition) is 0. The summed E-state index contributed by atoms with van der Waals surface area (Å²) in [6, 6.07) is 43.7. The van der Waals surface area contributed by atoms with Crippen molar-refractivity contribution in [2.24, 2.45) is 0 Å². The van der Waals surface area contributed by atoms with Gasteiger partial charge >= 0.3 is 0 Å². The van der Waals surface area contributed by atoms with Crippen LogP contribution in [0.15, 0.2) is 133 Å². The van der Waals surface area contributed by atoms with E-state index < -0.39 is 5.41 Å². The van der Waals surface area contributed by atoms with Crippen molar-refractivity contribution >= 4 is 0 Å². The van der Waals surface area contributed by atoms with Crippen LogP contribution in [0.1, 0.15) is 52.7 Å². The first-order valence-corrected chi connectivity index (χ1v) is 15.9. The van der Waals surface area contributed by atoms with Crippen molar-refractivity contribution in [3.63, 3.8) is 0 Å². The molecule has 0 aliphatic carbocycles. The molecular formula is C44H40F2. The van der Waals surface area contributed by atoms with Crippen LogP contribution in [-0.4, -0.2) is 0 Å². The predicted molar refractivity (Wildman–Crippen MR) is 191 cm³/mol. The smallest absolute Gasteiger partial charge is 0.135 e. The topological polar surface area (TPSA) is 0 Å². The lowest BCUT2D eigenvalue weighted by Crippen LogP contribution is -2.15. The summed E-state index contributed by atoms with van der Waals surface area (Å²) < 4.78 is 33.0. The van der Waals surface area contributed by atoms with Crippen LogP contribution in [0.3, 0.4) is 0 Å². The second kappa shape index (κ2) is 12.2. The number of halogens is 2. The Hall–Kier alpha value is -4.82. The molecule has 0 aliphatic rings. The Morgan fingerprint density at radius 2 is 0.826 bits per heavy atom. The van der Waals surface area contributed by atoms with Crippen molar-refractivity contribution in [2.45, 2.75) is 52.4 Å². The molecule has 0 saturated heterocycles. The molecule has 0 N–H and O–H groups in total. The summed E-state index contributed by atoms with van der Waals surface area (Å²) in [6.45, 7) is 12.5. The summed E-state index contributed by atoms with van der Waals surface area (Å²) in [4.78, 5) is 0. The molecule has 6 rings (SSSR count). The van der Waals surface area contributed by atoms with Gasteiger partial charge in [-0.15, -0.1) is 0 Å². The minimum absolute atomic E-state index is 0.205. The summed E-state index contributed by atoms with van der Waals surface area (Å²) in [5, 5.41) is 0. The Labute approximate surface area is 272 Å². The highest BCUT2D eigenvalue weighted by Gasteiger charge is 2.28. The van der Waals surface area contributed by atoms with Crippen molar-refractivity contribution in [1.29, 1.82) is 0 Å². The fourth-order valence-corrected chi connectivity index (χ4v) is 6.23. The minimum Gasteiger partial charge on any atom is -0.206 e. The van der Waals surface area contributed by atoms with Gasteiger partial charge in [0.2, 0.25) is 0 Å². The number of benzene rings is 6. The van der Waals surface area contributed by atoms with Crippen LogP contribution in [0.4, 0.5) is 8.78 Å². The molecule has 0 aromatic heterocycles. The average molecular weight is 607 g/mol. The molecular weight excluding hydrogens is 566 g/mol. The van der Waals surface area contributed by atoms with Crippen LogP contribution in [-0.2, 0) is 10.8 Å². The van der Waals surface area contributed by atoms with Gasteiger partial charge in [0.1, 0.15) is 11.6 Å². The van der Waals surface area contributed by atoms with Gasteiger partial charge in [-0.05, 0) is 85.2 Å². The molecule has 6 aromatic carbocycles. The van der Waals surface area contributed by atoms with Crippen LogP contribution in [0, 0.1) is 11.6 Å². The first-order valence-electron chi connectivity index (χ1n) is 15.9. The molecule has 0 spiro atoms. The molecule has 0 nitrogen and oxygen atoms in total. The number of hydrogen-bond acceptors (Lipinski definition) is 0. The van der Waals surface area contributed by atoms with Gasteiger partial charge in [-0.2, -0.15) is 0 Å². The van der Waals surface area contributed by atoms with E-state index in [0.29, 0.717) is 16.7 Å². The summed E-state index contributed by atoms with van der Waals surface area (Å²) in [6.07, 6.45) is 0. The van der Waals surface area contributed by atoms with Crippen LogP contribution in [0.25, 0.3) is 55.6 Å². The zero-order chi connectivity index (χ0) is 32.6. The molecule has 0 bridgehead atoms. The van der Waals surface area contributed by atoms with Gasteiger partial charge in [0.25, 0.3) is 0 Å². The molecule has 46 heavy (non-hydrogen) atoms. The van der Waals surface area contributed by atoms with E-state index in [4.69, 9.17) is 0 Å². The van der Waals surface area contributed by atoms with Gasteiger partial charge in [0, 0.05) is 16.7 Å². The normalized spacial score (nSPS) is 11.9. The highest BCUT2D eigenvalue weighted by Crippen LogP contribution is 2.47. The van der Waals surface area contributed by atoms with E-state index in [1.54, 1.807) is 6.07 Å². The van der Waals surface area contributed by atoms with E-state index in [1.165, 1.54) is 0 Å². The quantitative estimate of drug-likeness (QED) is 0.183. The average Bonchev–Trinajstić information content (AvgIpc) is 3.04. The molecule has 0 atom stereocenters. The Kier molecular flexibility index (Phi) is 8.25. The van der Waals surface area contributed by atoms with Crippen molar-refractivity contribution < 1.29 is 8.78 Å². The van der Waals surface area contributed by atoms with E-state index in [0.717, 1.165) is 50.1 Å². The monoisotopic (exact) mass is 606 g/mol. The predicted octanol–water partition coefficient (Wildman–Crippen LogP) is 12.9. The Bertz CT molecular complexity index is 1990. The summed E-state index contributed by atoms with van der Waals surface area (Å²) >= 11 is 0. The summed E-state index contributed by atoms with van der Waals surface area (Å²) in [5.74, 6) is -0.448. The van der Waals surface area contributed by atoms with E-state index in [1.807, 2.05) is 109 Å². The molecule has 0 aliphatic heterocycles. The van der Waals surface area contributed by atoms with Crippen molar-refractivity contribution in [3.05, 3.63) is 156 Å². The zero-order valence-electron chi connectivity index (χ0n) is 27.5. The third-order valence-electron chi connectivity index (χ3n) is 8.70. The maximum absolute atomic E-state index is 16.8. The third-order valence-corrected chi connectivity index (χ3v) is 8.70. The molecule has 0 heterocycles. The Morgan fingerprint density at radius 3 is 1.30 bits per heavy atom. The molecule has 230 valence electrons. The van der Waals surface area contributed by atoms with Crippen LogP contribution in [0.2, 0.25) is 0 Å². The lowest BCUT2D eigenvalue weighted by molar-refractivity contribution is 0.525. The van der Waals surface area contributed by atoms with Gasteiger partial charge in [0.05, 0.1) is 0 Å². The van der Waals surface area contributed by atoms with Crippen molar-refractivity contribution in [2.75, 3.05) is 0 Å². The van der Waals surface area contributed by atoms with Gasteiger partial charge < -0.3 is 0 Å². The molecule has 0 amide bonds. The molecule has 0 saturated carbocycles. The third kappa shape index (κ3) is 6.05. The second-order valence-electron chi connectivity index (χ2n) is 14.1. The minimum atomic E-state index is -0.445. The van der Waals surface area contributed by atoms with Crippen LogP contribution >= 0.6 is 0 Å². The highest BCUT2D eigenvalue weighted by atomic mass is 19.1. The fourth-order valence-electron chi connectivity index (χ4n) is 6.23. The fraction of sp³-hybridized carbons (Fsp3) is 0.182. The van der Waals surface area contributed by atoms with Gasteiger partial charge in [0.15, 0.2) is 0 Å². The van der Waals surface area contributed by atoms with Gasteiger partial charge in [-0.1, -0.05) is 151 Å². The molecule has 0 radical (unpaired) electrons. The highest BCUT2D eigenvalue weighted by molar-refractivity contribution is 5.97. The van der Waals surface area contributed by atoms with E-state index in [9.17, 15) is 0 Å². The number of rotatable bonds is 5. The van der Waals surface area contributed by atoms with E-state index in [-0.39, 0.29) is 17.0 Å². The summed E-state index contributed by atoms with van der Waals surface area (Å²) in [7, 11) is 0. The molecule has 0 fully saturated rings. The van der Waals surface area contributed by atoms with E-state index >= 15 is 8.78 Å². The lowest BCUT2D eigenvalue weighted by atomic mass is 9.78. The summed E-state index contributed by atoms with van der Waals surface area (Å²) in [5.41, 5.74) is 9.11. The zero-order valence-corrected chi connectivity index (χ0v) is 27.5. The van der Waals surface area contributed by atoms with Crippen LogP contribution in [0.5, 0.6) is 0 Å². The maximum atomic E-state index is 16.8. The second-order valence-corrected chi connectivity index (χ2v) is 14.1. The molecule has 2 heteroatoms. The first-order chi connectivity index (χ1) is 21.9. The first kappa shape index (κ1) is 31.2. The largest absolute Gasteiger partial charge is 0.206 e. The van der Waals surface area contributed by atoms with Gasteiger partial charge in [-0.3, -0.25) is 0 Å². The van der Waals surface area contributed by atoms with Gasteiger partial charge in [-0.25, -0.2) is 8.78 Å². The molecule has 0 unspecified atom stereocenters. The Morgan fingerprint density at radius 1 is 0.391 bits per heavy atom. The van der Waals surface area contributed by atoms with Crippen molar-refractivity contribution in [3.8, 4) is 55.6 Å². The SMILES string of the molecule is CC(C)(C)c1cc(F)c(-c2ccccc2)c(-c2cccc(-c3cc(C(C)(C)C)c(F)c(-c4ccccc4)c3-c3ccccc3)c2)c1. The maximum Gasteiger partial charge on any atom is 0.135 e. The van der Waals surface area contributed by atoms with E-state index in [2.05, 4.69) is 59.7 Å². The molecule has 6 aromatic rings. The van der Waals surface area contributed by atoms with Crippen molar-refractivity contribution in [1.82, 2.24) is 0 Å². The standard InChI is InChI=1S/C44H40F2/c1-43(2,3)34-26-35(39(38(45)27-34)29-17-10-7-11-18-29)32-23-16-24-33(25-32)36-28-37(44(4,5)6)42(46)41(31-21-14-9-15-22-31)40(36)30-19-12-8-13-20-30/h7-28H,1-6H3.